The van der Waals surface area contributed by atoms with Gasteiger partial charge >= 0.3 is 12.1 Å². The number of carbonyl (C=O) groups is 2. The van der Waals surface area contributed by atoms with Gasteiger partial charge in [-0.05, 0) is 40.0 Å². The molecule has 0 spiro atoms. The Kier molecular flexibility index (Phi) is 2.84. The Hall–Kier alpha value is -1.33. The molecule has 0 aromatic carbocycles. The molecule has 0 aliphatic heterocycles. The topological polar surface area (TPSA) is 66.8 Å². The first kappa shape index (κ1) is 14.1. The van der Waals surface area contributed by atoms with Crippen molar-refractivity contribution < 1.29 is 23.8 Å². The molecule has 1 unspecified atom stereocenters. The first-order valence-electron chi connectivity index (χ1n) is 6.36. The van der Waals surface area contributed by atoms with E-state index in [1.165, 1.54) is 7.05 Å². The summed E-state index contributed by atoms with van der Waals surface area (Å²) < 4.78 is 18.7. The van der Waals surface area contributed by atoms with Gasteiger partial charge < -0.3 is 9.84 Å². The van der Waals surface area contributed by atoms with Crippen molar-refractivity contribution in [3.05, 3.63) is 0 Å². The van der Waals surface area contributed by atoms with E-state index >= 15 is 0 Å². The molecule has 1 atom stereocenters. The average Bonchev–Trinajstić information content (AvgIpc) is 2.09. The highest BCUT2D eigenvalue weighted by atomic mass is 19.1. The van der Waals surface area contributed by atoms with E-state index in [2.05, 4.69) is 0 Å². The summed E-state index contributed by atoms with van der Waals surface area (Å²) in [4.78, 5) is 24.4. The van der Waals surface area contributed by atoms with Crippen molar-refractivity contribution in [1.82, 2.24) is 4.90 Å². The van der Waals surface area contributed by atoms with Crippen molar-refractivity contribution in [2.75, 3.05) is 7.05 Å². The van der Waals surface area contributed by atoms with Gasteiger partial charge in [0.25, 0.3) is 0 Å². The second-order valence-electron chi connectivity index (χ2n) is 6.88. The molecule has 0 saturated heterocycles. The molecule has 3 saturated carbocycles. The molecule has 5 nitrogen and oxygen atoms in total. The van der Waals surface area contributed by atoms with Crippen LogP contribution in [0.5, 0.6) is 0 Å². The maximum absolute atomic E-state index is 13.5. The second kappa shape index (κ2) is 3.84. The lowest BCUT2D eigenvalue weighted by atomic mass is 9.39. The van der Waals surface area contributed by atoms with Crippen molar-refractivity contribution in [2.45, 2.75) is 57.3 Å². The SMILES string of the molecule is CN(C(=O)OC(C)(C)C)C(C(=O)O)C12CC(F)(C1)C2. The van der Waals surface area contributed by atoms with E-state index in [9.17, 15) is 19.1 Å². The molecule has 3 aliphatic rings. The van der Waals surface area contributed by atoms with Crippen LogP contribution in [0, 0.1) is 5.41 Å². The Morgan fingerprint density at radius 2 is 1.79 bits per heavy atom. The number of carboxylic acids is 1. The van der Waals surface area contributed by atoms with Crippen LogP contribution in [0.15, 0.2) is 0 Å². The van der Waals surface area contributed by atoms with Crippen LogP contribution < -0.4 is 0 Å². The summed E-state index contributed by atoms with van der Waals surface area (Å²) in [5.41, 5.74) is -2.48. The van der Waals surface area contributed by atoms with Gasteiger partial charge in [0.15, 0.2) is 0 Å². The van der Waals surface area contributed by atoms with Crippen LogP contribution >= 0.6 is 0 Å². The minimum Gasteiger partial charge on any atom is -0.480 e. The second-order valence-corrected chi connectivity index (χ2v) is 6.88. The van der Waals surface area contributed by atoms with Crippen LogP contribution in [-0.4, -0.2) is 46.4 Å². The van der Waals surface area contributed by atoms with Gasteiger partial charge in [-0.3, -0.25) is 4.90 Å². The number of ether oxygens (including phenoxy) is 1. The Morgan fingerprint density at radius 1 is 1.32 bits per heavy atom. The van der Waals surface area contributed by atoms with Crippen molar-refractivity contribution in [1.29, 1.82) is 0 Å². The molecule has 1 amide bonds. The molecule has 0 radical (unpaired) electrons. The number of nitrogens with zero attached hydrogens (tertiary/aromatic N) is 1. The largest absolute Gasteiger partial charge is 0.480 e. The van der Waals surface area contributed by atoms with E-state index in [0.29, 0.717) is 0 Å². The molecule has 1 N–H and O–H groups in total. The van der Waals surface area contributed by atoms with Gasteiger partial charge in [-0.1, -0.05) is 0 Å². The van der Waals surface area contributed by atoms with Gasteiger partial charge in [-0.2, -0.15) is 0 Å². The van der Waals surface area contributed by atoms with E-state index in [0.717, 1.165) is 4.90 Å². The molecule has 3 rings (SSSR count). The number of hydrogen-bond acceptors (Lipinski definition) is 3. The Balaban J connectivity index is 2.08. The minimum absolute atomic E-state index is 0.226. The molecule has 0 aromatic rings. The minimum atomic E-state index is -1.19. The number of rotatable bonds is 3. The van der Waals surface area contributed by atoms with Crippen LogP contribution in [0.2, 0.25) is 0 Å². The fourth-order valence-corrected chi connectivity index (χ4v) is 3.31. The summed E-state index contributed by atoms with van der Waals surface area (Å²) in [5, 5.41) is 9.33. The molecule has 0 heterocycles. The first-order chi connectivity index (χ1) is 8.48. The normalized spacial score (nSPS) is 33.7. The molecular weight excluding hydrogens is 253 g/mol. The van der Waals surface area contributed by atoms with Gasteiger partial charge in [0.05, 0.1) is 0 Å². The summed E-state index contributed by atoms with van der Waals surface area (Å²) in [6, 6.07) is -1.01. The molecule has 3 fully saturated rings. The van der Waals surface area contributed by atoms with Crippen molar-refractivity contribution in [2.24, 2.45) is 5.41 Å². The third-order valence-electron chi connectivity index (χ3n) is 3.89. The Morgan fingerprint density at radius 3 is 2.11 bits per heavy atom. The molecule has 19 heavy (non-hydrogen) atoms. The van der Waals surface area contributed by atoms with Crippen LogP contribution in [0.25, 0.3) is 0 Å². The first-order valence-corrected chi connectivity index (χ1v) is 6.36. The molecule has 0 aromatic heterocycles. The number of amides is 1. The number of carboxylic acid groups (broad SMARTS) is 1. The maximum Gasteiger partial charge on any atom is 0.410 e. The van der Waals surface area contributed by atoms with Gasteiger partial charge in [-0.15, -0.1) is 0 Å². The molecule has 108 valence electrons. The van der Waals surface area contributed by atoms with Crippen molar-refractivity contribution in [3.63, 3.8) is 0 Å². The van der Waals surface area contributed by atoms with Crippen LogP contribution in [0.4, 0.5) is 9.18 Å². The highest BCUT2D eigenvalue weighted by molar-refractivity contribution is 5.81. The summed E-state index contributed by atoms with van der Waals surface area (Å²) in [5.74, 6) is -1.10. The number of hydrogen-bond donors (Lipinski definition) is 1. The lowest BCUT2D eigenvalue weighted by Crippen LogP contribution is -2.73. The number of likely N-dealkylation sites (N-methyl/N-ethyl adjacent to an activating group) is 1. The standard InChI is InChI=1S/C13H20FNO4/c1-11(2,3)19-10(18)15(4)8(9(16)17)12-5-13(14,6-12)7-12/h8H,5-7H2,1-4H3,(H,16,17). The number of alkyl halides is 1. The zero-order chi connectivity index (χ0) is 14.6. The van der Waals surface area contributed by atoms with Gasteiger partial charge in [0, 0.05) is 12.5 Å². The van der Waals surface area contributed by atoms with Gasteiger partial charge in [0.1, 0.15) is 17.3 Å². The van der Waals surface area contributed by atoms with Gasteiger partial charge in [-0.25, -0.2) is 14.0 Å². The van der Waals surface area contributed by atoms with E-state index < -0.39 is 34.8 Å². The third-order valence-corrected chi connectivity index (χ3v) is 3.89. The van der Waals surface area contributed by atoms with Crippen LogP contribution in [-0.2, 0) is 9.53 Å². The van der Waals surface area contributed by atoms with Crippen molar-refractivity contribution >= 4 is 12.1 Å². The Bertz CT molecular complexity index is 409. The predicted octanol–water partition coefficient (Wildman–Crippen LogP) is 2.20. The molecule has 3 aliphatic carbocycles. The van der Waals surface area contributed by atoms with Crippen LogP contribution in [0.3, 0.4) is 0 Å². The van der Waals surface area contributed by atoms with Gasteiger partial charge in [0.2, 0.25) is 0 Å². The zero-order valence-electron chi connectivity index (χ0n) is 11.7. The lowest BCUT2D eigenvalue weighted by Gasteiger charge is -2.68. The fourth-order valence-electron chi connectivity index (χ4n) is 3.31. The fraction of sp³-hybridized carbons (Fsp3) is 0.846. The Labute approximate surface area is 111 Å². The summed E-state index contributed by atoms with van der Waals surface area (Å²) >= 11 is 0. The number of halogens is 1. The smallest absolute Gasteiger partial charge is 0.410 e. The zero-order valence-corrected chi connectivity index (χ0v) is 11.7. The quantitative estimate of drug-likeness (QED) is 0.856. The molecular formula is C13H20FNO4. The summed E-state index contributed by atoms with van der Waals surface area (Å²) in [6.07, 6.45) is -0.00396. The highest BCUT2D eigenvalue weighted by Gasteiger charge is 2.74. The highest BCUT2D eigenvalue weighted by Crippen LogP contribution is 2.71. The summed E-state index contributed by atoms with van der Waals surface area (Å²) in [6.45, 7) is 5.14. The van der Waals surface area contributed by atoms with E-state index in [4.69, 9.17) is 4.74 Å². The third kappa shape index (κ3) is 2.28. The maximum atomic E-state index is 13.5. The number of carbonyl (C=O) groups excluding carboxylic acids is 1. The predicted molar refractivity (Wildman–Crippen MR) is 65.5 cm³/mol. The van der Waals surface area contributed by atoms with Crippen molar-refractivity contribution in [3.8, 4) is 0 Å². The monoisotopic (exact) mass is 273 g/mol. The molecule has 6 heteroatoms. The average molecular weight is 273 g/mol. The molecule has 2 bridgehead atoms. The van der Waals surface area contributed by atoms with E-state index in [1.807, 2.05) is 0 Å². The lowest BCUT2D eigenvalue weighted by molar-refractivity contribution is -0.243. The number of aliphatic carboxylic acids is 1. The van der Waals surface area contributed by atoms with E-state index in [-0.39, 0.29) is 19.3 Å². The van der Waals surface area contributed by atoms with Crippen LogP contribution in [0.1, 0.15) is 40.0 Å². The summed E-state index contributed by atoms with van der Waals surface area (Å²) in [7, 11) is 1.40. The van der Waals surface area contributed by atoms with E-state index in [1.54, 1.807) is 20.8 Å².